The molecule has 0 spiro atoms. The van der Waals surface area contributed by atoms with Crippen molar-refractivity contribution in [2.24, 2.45) is 11.8 Å². The fraction of sp³-hybridized carbons (Fsp3) is 0.565. The summed E-state index contributed by atoms with van der Waals surface area (Å²) in [6.07, 6.45) is 4.16. The predicted molar refractivity (Wildman–Crippen MR) is 112 cm³/mol. The first-order valence-electron chi connectivity index (χ1n) is 10.7. The third kappa shape index (κ3) is 3.86. The Hall–Kier alpha value is -1.96. The van der Waals surface area contributed by atoms with Crippen LogP contribution < -0.4 is 4.74 Å². The highest BCUT2D eigenvalue weighted by Crippen LogP contribution is 2.46. The van der Waals surface area contributed by atoms with Crippen LogP contribution in [-0.2, 0) is 4.74 Å². The van der Waals surface area contributed by atoms with Gasteiger partial charge in [0.05, 0.1) is 18.8 Å². The second-order valence-corrected chi connectivity index (χ2v) is 9.74. The summed E-state index contributed by atoms with van der Waals surface area (Å²) in [4.78, 5) is 15.3. The van der Waals surface area contributed by atoms with Gasteiger partial charge >= 0.3 is 5.97 Å². The average molecular weight is 430 g/mol. The lowest BCUT2D eigenvalue weighted by molar-refractivity contribution is -0.0811. The lowest BCUT2D eigenvalue weighted by atomic mass is 9.87. The number of aliphatic hydroxyl groups is 1. The van der Waals surface area contributed by atoms with Crippen LogP contribution in [0.25, 0.3) is 0 Å². The minimum absolute atomic E-state index is 0.0374. The molecule has 6 nitrogen and oxygen atoms in total. The van der Waals surface area contributed by atoms with Crippen molar-refractivity contribution in [3.05, 3.63) is 45.4 Å². The van der Waals surface area contributed by atoms with E-state index in [9.17, 15) is 9.90 Å². The first kappa shape index (κ1) is 20.0. The van der Waals surface area contributed by atoms with Crippen LogP contribution in [0.4, 0.5) is 0 Å². The molecule has 2 aliphatic carbocycles. The highest BCUT2D eigenvalue weighted by molar-refractivity contribution is 7.09. The van der Waals surface area contributed by atoms with E-state index in [2.05, 4.69) is 24.0 Å². The maximum absolute atomic E-state index is 11.1. The fourth-order valence-corrected chi connectivity index (χ4v) is 5.88. The van der Waals surface area contributed by atoms with Crippen LogP contribution in [0, 0.1) is 18.8 Å². The van der Waals surface area contributed by atoms with Gasteiger partial charge < -0.3 is 19.7 Å². The smallest absolute Gasteiger partial charge is 0.355 e. The van der Waals surface area contributed by atoms with Gasteiger partial charge in [-0.3, -0.25) is 0 Å². The zero-order chi connectivity index (χ0) is 20.8. The Bertz CT molecular complexity index is 939. The number of carboxylic acids is 1. The monoisotopic (exact) mass is 429 g/mol. The van der Waals surface area contributed by atoms with Crippen molar-refractivity contribution in [3.8, 4) is 5.75 Å². The van der Waals surface area contributed by atoms with Crippen LogP contribution in [0.5, 0.6) is 5.75 Å². The Labute approximate surface area is 179 Å². The molecule has 2 saturated carbocycles. The van der Waals surface area contributed by atoms with E-state index in [0.29, 0.717) is 24.0 Å². The number of fused-ring (bicyclic) bond motifs is 1. The molecule has 2 aromatic rings. The molecule has 1 saturated heterocycles. The molecule has 3 fully saturated rings. The van der Waals surface area contributed by atoms with E-state index >= 15 is 0 Å². The van der Waals surface area contributed by atoms with Gasteiger partial charge in [-0.1, -0.05) is 6.07 Å². The van der Waals surface area contributed by atoms with Crippen molar-refractivity contribution in [3.63, 3.8) is 0 Å². The van der Waals surface area contributed by atoms with Gasteiger partial charge in [0, 0.05) is 17.7 Å². The van der Waals surface area contributed by atoms with E-state index in [0.717, 1.165) is 18.6 Å². The number of hydrogen-bond donors (Lipinski definition) is 2. The van der Waals surface area contributed by atoms with Gasteiger partial charge in [-0.05, 0) is 67.7 Å². The van der Waals surface area contributed by atoms with Crippen LogP contribution in [0.1, 0.15) is 70.7 Å². The number of aryl methyl sites for hydroxylation is 1. The molecule has 0 unspecified atom stereocenters. The van der Waals surface area contributed by atoms with Crippen LogP contribution in [0.15, 0.2) is 23.6 Å². The Balaban J connectivity index is 1.22. The maximum atomic E-state index is 11.1. The maximum Gasteiger partial charge on any atom is 0.355 e. The summed E-state index contributed by atoms with van der Waals surface area (Å²) in [5, 5.41) is 22.0. The largest absolute Gasteiger partial charge is 0.493 e. The van der Waals surface area contributed by atoms with Crippen molar-refractivity contribution < 1.29 is 24.5 Å². The van der Waals surface area contributed by atoms with Gasteiger partial charge in [-0.25, -0.2) is 9.78 Å². The second-order valence-electron chi connectivity index (χ2n) is 8.85. The molecule has 160 valence electrons. The van der Waals surface area contributed by atoms with Crippen LogP contribution in [0.3, 0.4) is 0 Å². The number of aromatic nitrogens is 1. The lowest BCUT2D eigenvalue weighted by Gasteiger charge is -2.33. The normalized spacial score (nSPS) is 30.8. The number of aromatic carboxylic acids is 1. The molecule has 1 aliphatic heterocycles. The van der Waals surface area contributed by atoms with E-state index in [1.807, 2.05) is 6.07 Å². The minimum Gasteiger partial charge on any atom is -0.493 e. The van der Waals surface area contributed by atoms with Gasteiger partial charge in [0.1, 0.15) is 16.9 Å². The van der Waals surface area contributed by atoms with Crippen LogP contribution in [-0.4, -0.2) is 40.0 Å². The van der Waals surface area contributed by atoms with Crippen molar-refractivity contribution in [1.82, 2.24) is 4.98 Å². The molecule has 0 radical (unpaired) electrons. The molecule has 1 aromatic heterocycles. The number of aliphatic hydroxyl groups excluding tert-OH is 1. The Morgan fingerprint density at radius 3 is 2.87 bits per heavy atom. The minimum atomic E-state index is -1.01. The predicted octanol–water partition coefficient (Wildman–Crippen LogP) is 4.32. The fourth-order valence-electron chi connectivity index (χ4n) is 5.01. The Kier molecular flexibility index (Phi) is 5.29. The summed E-state index contributed by atoms with van der Waals surface area (Å²) < 4.78 is 12.4. The van der Waals surface area contributed by atoms with Gasteiger partial charge in [0.2, 0.25) is 0 Å². The number of rotatable bonds is 6. The molecule has 5 atom stereocenters. The summed E-state index contributed by atoms with van der Waals surface area (Å²) in [6, 6.07) is 6.32. The van der Waals surface area contributed by atoms with Crippen molar-refractivity contribution in [1.29, 1.82) is 0 Å². The first-order chi connectivity index (χ1) is 14.5. The standard InChI is InChI=1S/C23H27NO5S/c1-12-2-5-14(8-16(12)13-3-4-13)28-10-17-15-6-7-20(29-21(15)9-19(17)25)22-24-18(11-30-22)23(26)27/h2,5,8,11,13,15,17,19-21,25H,3-4,6-7,9-10H2,1H3,(H,26,27)/t15-,17-,19+,20-,21+/m1/s1. The Morgan fingerprint density at radius 2 is 2.13 bits per heavy atom. The SMILES string of the molecule is Cc1ccc(OC[C@@H]2[C@H]3CC[C@H](c4nc(C(=O)O)cs4)O[C@H]3C[C@@H]2O)cc1C1CC1. The van der Waals surface area contributed by atoms with Crippen molar-refractivity contribution in [2.45, 2.75) is 63.3 Å². The van der Waals surface area contributed by atoms with Gasteiger partial charge in [0.25, 0.3) is 0 Å². The van der Waals surface area contributed by atoms with Crippen molar-refractivity contribution in [2.75, 3.05) is 6.61 Å². The van der Waals surface area contributed by atoms with Gasteiger partial charge in [-0.2, -0.15) is 0 Å². The number of benzene rings is 1. The van der Waals surface area contributed by atoms with Crippen molar-refractivity contribution >= 4 is 17.3 Å². The topological polar surface area (TPSA) is 88.9 Å². The quantitative estimate of drug-likeness (QED) is 0.711. The summed E-state index contributed by atoms with van der Waals surface area (Å²) in [6.45, 7) is 2.64. The molecule has 7 heteroatoms. The van der Waals surface area contributed by atoms with Crippen LogP contribution in [0.2, 0.25) is 0 Å². The third-order valence-electron chi connectivity index (χ3n) is 6.82. The summed E-state index contributed by atoms with van der Waals surface area (Å²) in [7, 11) is 0. The summed E-state index contributed by atoms with van der Waals surface area (Å²) in [5.74, 6) is 0.861. The highest BCUT2D eigenvalue weighted by atomic mass is 32.1. The van der Waals surface area contributed by atoms with E-state index in [1.165, 1.54) is 35.3 Å². The van der Waals surface area contributed by atoms with E-state index in [1.54, 1.807) is 5.38 Å². The molecule has 2 heterocycles. The summed E-state index contributed by atoms with van der Waals surface area (Å²) >= 11 is 1.33. The Morgan fingerprint density at radius 1 is 1.30 bits per heavy atom. The second kappa shape index (κ2) is 7.94. The molecular weight excluding hydrogens is 402 g/mol. The van der Waals surface area contributed by atoms with Gasteiger partial charge in [0.15, 0.2) is 5.69 Å². The molecule has 2 N–H and O–H groups in total. The molecule has 3 aliphatic rings. The lowest BCUT2D eigenvalue weighted by Crippen LogP contribution is -2.33. The molecular formula is C23H27NO5S. The summed E-state index contributed by atoms with van der Waals surface area (Å²) in [5.41, 5.74) is 2.79. The van der Waals surface area contributed by atoms with E-state index in [4.69, 9.17) is 14.6 Å². The number of ether oxygens (including phenoxy) is 2. The van der Waals surface area contributed by atoms with E-state index in [-0.39, 0.29) is 29.7 Å². The van der Waals surface area contributed by atoms with Gasteiger partial charge in [-0.15, -0.1) is 11.3 Å². The molecule has 0 amide bonds. The molecule has 30 heavy (non-hydrogen) atoms. The zero-order valence-corrected chi connectivity index (χ0v) is 17.8. The number of carbonyl (C=O) groups is 1. The molecule has 5 rings (SSSR count). The molecule has 0 bridgehead atoms. The number of thiazole rings is 1. The number of nitrogens with zero attached hydrogens (tertiary/aromatic N) is 1. The number of hydrogen-bond acceptors (Lipinski definition) is 6. The van der Waals surface area contributed by atoms with E-state index < -0.39 is 12.1 Å². The molecule has 1 aromatic carbocycles. The first-order valence-corrected chi connectivity index (χ1v) is 11.6. The number of carboxylic acid groups (broad SMARTS) is 1. The zero-order valence-electron chi connectivity index (χ0n) is 17.0. The highest BCUT2D eigenvalue weighted by Gasteiger charge is 2.47. The average Bonchev–Trinajstić information content (AvgIpc) is 3.35. The third-order valence-corrected chi connectivity index (χ3v) is 7.76. The van der Waals surface area contributed by atoms with Crippen LogP contribution >= 0.6 is 11.3 Å².